The van der Waals surface area contributed by atoms with Crippen molar-refractivity contribution in [3.05, 3.63) is 42.0 Å². The molecule has 1 aliphatic rings. The Morgan fingerprint density at radius 1 is 1.33 bits per heavy atom. The molecular weight excluding hydrogens is 270 g/mol. The molecule has 21 heavy (non-hydrogen) atoms. The number of carbonyl (C=O) groups excluding carboxylic acids is 1. The van der Waals surface area contributed by atoms with Crippen LogP contribution >= 0.6 is 0 Å². The summed E-state index contributed by atoms with van der Waals surface area (Å²) in [6, 6.07) is 8.04. The minimum atomic E-state index is -0.375. The predicted molar refractivity (Wildman–Crippen MR) is 78.9 cm³/mol. The molecule has 0 spiro atoms. The lowest BCUT2D eigenvalue weighted by Gasteiger charge is -2.28. The molecule has 5 nitrogen and oxygen atoms in total. The zero-order chi connectivity index (χ0) is 15.1. The Kier molecular flexibility index (Phi) is 5.78. The number of rotatable bonds is 7. The first-order valence-corrected chi connectivity index (χ1v) is 7.00. The van der Waals surface area contributed by atoms with Crippen LogP contribution < -0.4 is 4.74 Å². The highest BCUT2D eigenvalue weighted by atomic mass is 16.6. The van der Waals surface area contributed by atoms with E-state index in [4.69, 9.17) is 14.2 Å². The molecule has 1 aromatic rings. The molecule has 0 bridgehead atoms. The van der Waals surface area contributed by atoms with Crippen molar-refractivity contribution < 1.29 is 19.0 Å². The Balaban J connectivity index is 1.58. The van der Waals surface area contributed by atoms with Crippen LogP contribution in [-0.4, -0.2) is 44.0 Å². The lowest BCUT2D eigenvalue weighted by molar-refractivity contribution is -0.140. The number of ether oxygens (including phenoxy) is 3. The molecule has 0 amide bonds. The largest absolute Gasteiger partial charge is 0.478 e. The van der Waals surface area contributed by atoms with E-state index in [0.717, 1.165) is 18.8 Å². The Labute approximate surface area is 125 Å². The zero-order valence-corrected chi connectivity index (χ0v) is 12.3. The van der Waals surface area contributed by atoms with E-state index in [-0.39, 0.29) is 12.6 Å². The Morgan fingerprint density at radius 2 is 2.14 bits per heavy atom. The van der Waals surface area contributed by atoms with Crippen molar-refractivity contribution in [3.8, 4) is 5.75 Å². The zero-order valence-electron chi connectivity index (χ0n) is 12.3. The number of hydrogen-bond donors (Lipinski definition) is 0. The fourth-order valence-corrected chi connectivity index (χ4v) is 1.98. The van der Waals surface area contributed by atoms with Gasteiger partial charge < -0.3 is 14.2 Å². The molecule has 0 atom stereocenters. The van der Waals surface area contributed by atoms with Gasteiger partial charge >= 0.3 is 5.97 Å². The van der Waals surface area contributed by atoms with Crippen LogP contribution in [-0.2, 0) is 20.8 Å². The van der Waals surface area contributed by atoms with E-state index in [1.165, 1.54) is 5.56 Å². The summed E-state index contributed by atoms with van der Waals surface area (Å²) in [6.45, 7) is 8.58. The number of fused-ring (bicyclic) bond motifs is 1. The van der Waals surface area contributed by atoms with E-state index in [1.807, 2.05) is 18.2 Å². The van der Waals surface area contributed by atoms with Crippen molar-refractivity contribution in [3.63, 3.8) is 0 Å². The minimum absolute atomic E-state index is 0.255. The van der Waals surface area contributed by atoms with Gasteiger partial charge in [-0.3, -0.25) is 4.90 Å². The normalized spacial score (nSPS) is 14.1. The number of benzene rings is 1. The van der Waals surface area contributed by atoms with Crippen molar-refractivity contribution >= 4 is 5.97 Å². The molecule has 0 saturated heterocycles. The molecule has 0 saturated carbocycles. The van der Waals surface area contributed by atoms with Crippen molar-refractivity contribution in [1.82, 2.24) is 4.90 Å². The molecule has 0 unspecified atom stereocenters. The van der Waals surface area contributed by atoms with Gasteiger partial charge in [-0.25, -0.2) is 4.79 Å². The van der Waals surface area contributed by atoms with Gasteiger partial charge in [-0.1, -0.05) is 24.8 Å². The molecule has 0 N–H and O–H groups in total. The summed E-state index contributed by atoms with van der Waals surface area (Å²) in [5.74, 6) is 0.584. The fraction of sp³-hybridized carbons (Fsp3) is 0.438. The van der Waals surface area contributed by atoms with Crippen molar-refractivity contribution in [2.75, 3.05) is 33.1 Å². The molecule has 0 aromatic heterocycles. The lowest BCUT2D eigenvalue weighted by Crippen LogP contribution is -2.34. The van der Waals surface area contributed by atoms with Crippen LogP contribution in [0.4, 0.5) is 0 Å². The molecule has 114 valence electrons. The molecule has 2 rings (SSSR count). The Morgan fingerprint density at radius 3 is 2.95 bits per heavy atom. The third-order valence-electron chi connectivity index (χ3n) is 3.13. The monoisotopic (exact) mass is 291 g/mol. The van der Waals surface area contributed by atoms with Gasteiger partial charge in [0.05, 0.1) is 13.2 Å². The van der Waals surface area contributed by atoms with Gasteiger partial charge in [-0.15, -0.1) is 0 Å². The van der Waals surface area contributed by atoms with Crippen LogP contribution in [0.5, 0.6) is 5.75 Å². The highest BCUT2D eigenvalue weighted by Crippen LogP contribution is 2.23. The highest BCUT2D eigenvalue weighted by molar-refractivity contribution is 5.86. The van der Waals surface area contributed by atoms with E-state index in [2.05, 4.69) is 17.5 Å². The number of nitrogens with zero attached hydrogens (tertiary/aromatic N) is 1. The Bertz CT molecular complexity index is 501. The van der Waals surface area contributed by atoms with E-state index in [9.17, 15) is 4.79 Å². The summed E-state index contributed by atoms with van der Waals surface area (Å²) in [5.41, 5.74) is 1.60. The van der Waals surface area contributed by atoms with E-state index in [1.54, 1.807) is 6.92 Å². The molecule has 0 fully saturated rings. The first kappa shape index (κ1) is 15.5. The minimum Gasteiger partial charge on any atom is -0.478 e. The lowest BCUT2D eigenvalue weighted by atomic mass is 10.2. The van der Waals surface area contributed by atoms with E-state index < -0.39 is 0 Å². The number of esters is 1. The highest BCUT2D eigenvalue weighted by Gasteiger charge is 2.15. The third kappa shape index (κ3) is 4.88. The van der Waals surface area contributed by atoms with Crippen molar-refractivity contribution in [1.29, 1.82) is 0 Å². The van der Waals surface area contributed by atoms with Gasteiger partial charge in [0, 0.05) is 24.2 Å². The maximum atomic E-state index is 11.1. The third-order valence-corrected chi connectivity index (χ3v) is 3.13. The fourth-order valence-electron chi connectivity index (χ4n) is 1.98. The molecule has 1 aliphatic heterocycles. The van der Waals surface area contributed by atoms with Crippen molar-refractivity contribution in [2.45, 2.75) is 13.5 Å². The number of para-hydroxylation sites is 1. The topological polar surface area (TPSA) is 48.0 Å². The quantitative estimate of drug-likeness (QED) is 0.437. The van der Waals surface area contributed by atoms with Gasteiger partial charge in [0.15, 0.2) is 0 Å². The van der Waals surface area contributed by atoms with Gasteiger partial charge in [-0.2, -0.15) is 0 Å². The molecule has 1 aromatic carbocycles. The molecular formula is C16H21NO4. The molecule has 1 heterocycles. The number of hydrogen-bond acceptors (Lipinski definition) is 5. The standard InChI is InChI=1S/C16H21NO4/c1-13(2)16(18)20-10-9-19-8-7-17-11-14-5-3-4-6-15(14)21-12-17/h3-6H,1,7-12H2,2H3. The summed E-state index contributed by atoms with van der Waals surface area (Å²) in [7, 11) is 0. The van der Waals surface area contributed by atoms with Gasteiger partial charge in [0.2, 0.25) is 0 Å². The van der Waals surface area contributed by atoms with E-state index >= 15 is 0 Å². The summed E-state index contributed by atoms with van der Waals surface area (Å²) in [4.78, 5) is 13.3. The van der Waals surface area contributed by atoms with Crippen LogP contribution in [0, 0.1) is 0 Å². The summed E-state index contributed by atoms with van der Waals surface area (Å²) < 4.78 is 16.1. The SMILES string of the molecule is C=C(C)C(=O)OCCOCCN1COc2ccccc2C1. The van der Waals surface area contributed by atoms with Gasteiger partial charge in [-0.05, 0) is 13.0 Å². The van der Waals surface area contributed by atoms with Gasteiger partial charge in [0.1, 0.15) is 19.1 Å². The average Bonchev–Trinajstić information content (AvgIpc) is 2.50. The molecule has 0 aliphatic carbocycles. The van der Waals surface area contributed by atoms with Crippen LogP contribution in [0.1, 0.15) is 12.5 Å². The maximum Gasteiger partial charge on any atom is 0.333 e. The second-order valence-electron chi connectivity index (χ2n) is 4.96. The maximum absolute atomic E-state index is 11.1. The van der Waals surface area contributed by atoms with Crippen molar-refractivity contribution in [2.24, 2.45) is 0 Å². The second kappa shape index (κ2) is 7.81. The first-order valence-electron chi connectivity index (χ1n) is 7.00. The summed E-state index contributed by atoms with van der Waals surface area (Å²) in [5, 5.41) is 0. The van der Waals surface area contributed by atoms with Crippen LogP contribution in [0.15, 0.2) is 36.4 Å². The smallest absolute Gasteiger partial charge is 0.333 e. The summed E-state index contributed by atoms with van der Waals surface area (Å²) >= 11 is 0. The predicted octanol–water partition coefficient (Wildman–Crippen LogP) is 1.97. The van der Waals surface area contributed by atoms with Gasteiger partial charge in [0.25, 0.3) is 0 Å². The van der Waals surface area contributed by atoms with Crippen LogP contribution in [0.3, 0.4) is 0 Å². The average molecular weight is 291 g/mol. The summed E-state index contributed by atoms with van der Waals surface area (Å²) in [6.07, 6.45) is 0. The Hall–Kier alpha value is -1.85. The number of carbonyl (C=O) groups is 1. The van der Waals surface area contributed by atoms with E-state index in [0.29, 0.717) is 25.5 Å². The molecule has 0 radical (unpaired) electrons. The first-order chi connectivity index (χ1) is 10.2. The molecule has 5 heteroatoms. The van der Waals surface area contributed by atoms with Crippen LogP contribution in [0.2, 0.25) is 0 Å². The van der Waals surface area contributed by atoms with Crippen LogP contribution in [0.25, 0.3) is 0 Å². The second-order valence-corrected chi connectivity index (χ2v) is 4.96.